The van der Waals surface area contributed by atoms with Crippen molar-refractivity contribution in [3.8, 4) is 57.5 Å². The van der Waals surface area contributed by atoms with Crippen molar-refractivity contribution in [1.29, 1.82) is 0 Å². The average Bonchev–Trinajstić information content (AvgIpc) is 0.825. The molecule has 0 bridgehead atoms. The number of alkyl halides is 18. The first-order chi connectivity index (χ1) is 64.0. The van der Waals surface area contributed by atoms with Crippen LogP contribution >= 0.6 is 58.0 Å². The second kappa shape index (κ2) is 58.6. The Hall–Kier alpha value is -9.30. The standard InChI is InChI=1S/C22H26ClF3O2.C22H27ClF2O2.C22H28ClFO2.C20H21ClF4O3.C20H22ClF3O2.CH4/c1-16(14-23)15-28-20-10-6-18(7-11-20)21(2,3)17-4-8-19(9-5-17)27-13-12-22(24,25)26;1-16(14-23)15-27-20-10-6-18(7-11-20)22(2,3)17-4-8-19(9-5-17)26-13-12-21(24)25;1-17(15-23)16-26-21-11-7-19(8-12-21)22(2,3)18-5-9-20(10-6-18)25-14-4-13-24;1-14(10-21)11-27-17-6-2-15(3-7-17)20(24,25)16-4-8-18(9-5-16)28-13-19(22,23)12-26;1-15(13-21)14-26-19-9-5-17(6-10-19)20(23,24)16-3-7-18(8-4-16)25-12-2-11-22;/h4-11,16H,12-15H2,1-3H3;4-11,16,21H,12-15H2,1-3H3;5-12,17H,4,13-16H2,1-3H3;2-9,14,26H,10-13H2,1H3;3-10,15H,2,11-14H2,1H3;1H4. The van der Waals surface area contributed by atoms with Crippen molar-refractivity contribution in [2.75, 3.05) is 115 Å². The zero-order valence-electron chi connectivity index (χ0n) is 77.9. The Morgan fingerprint density at radius 1 is 0.272 bits per heavy atom. The van der Waals surface area contributed by atoms with Crippen LogP contribution in [0.1, 0.15) is 165 Å². The fourth-order valence-corrected chi connectivity index (χ4v) is 12.8. The predicted molar refractivity (Wildman–Crippen MR) is 522 cm³/mol. The van der Waals surface area contributed by atoms with Gasteiger partial charge in [0.15, 0.2) is 6.61 Å². The summed E-state index contributed by atoms with van der Waals surface area (Å²) < 4.78 is 224. The normalized spacial score (nSPS) is 12.8. The highest BCUT2D eigenvalue weighted by Crippen LogP contribution is 2.42. The van der Waals surface area contributed by atoms with Crippen LogP contribution in [0.3, 0.4) is 0 Å². The largest absolute Gasteiger partial charge is 0.494 e. The van der Waals surface area contributed by atoms with Gasteiger partial charge in [-0.1, -0.05) is 156 Å². The minimum Gasteiger partial charge on any atom is -0.494 e. The van der Waals surface area contributed by atoms with Crippen LogP contribution in [-0.2, 0) is 28.1 Å². The van der Waals surface area contributed by atoms with Gasteiger partial charge in [-0.15, -0.1) is 58.0 Å². The number of halogens is 18. The number of ether oxygens (including phenoxy) is 10. The van der Waals surface area contributed by atoms with Crippen LogP contribution in [0.5, 0.6) is 57.5 Å². The number of hydrogen-bond acceptors (Lipinski definition) is 11. The molecule has 0 aromatic heterocycles. The summed E-state index contributed by atoms with van der Waals surface area (Å²) in [6.45, 7) is 22.5. The molecular weight excluding hydrogens is 1890 g/mol. The van der Waals surface area contributed by atoms with E-state index in [2.05, 4.69) is 84.9 Å². The van der Waals surface area contributed by atoms with E-state index in [1.165, 1.54) is 96.1 Å². The maximum atomic E-state index is 14.7. The molecule has 11 nitrogen and oxygen atoms in total. The second-order valence-corrected chi connectivity index (χ2v) is 36.0. The van der Waals surface area contributed by atoms with Gasteiger partial charge in [-0.25, -0.2) is 17.6 Å². The first kappa shape index (κ1) is 117. The predicted octanol–water partition coefficient (Wildman–Crippen LogP) is 30.4. The maximum absolute atomic E-state index is 14.7. The molecule has 748 valence electrons. The summed E-state index contributed by atoms with van der Waals surface area (Å²) in [7, 11) is 0. The van der Waals surface area contributed by atoms with Crippen LogP contribution in [0.15, 0.2) is 243 Å². The fourth-order valence-electron chi connectivity index (χ4n) is 12.4. The van der Waals surface area contributed by atoms with Gasteiger partial charge in [0.2, 0.25) is 6.43 Å². The van der Waals surface area contributed by atoms with Crippen LogP contribution in [0.4, 0.5) is 57.1 Å². The SMILES string of the molecule is C.CC(CCl)COc1ccc(C(C)(C)c2ccc(OCCC(F)(F)F)cc2)cc1.CC(CCl)COc1ccc(C(C)(C)c2ccc(OCCC(F)F)cc2)cc1.CC(CCl)COc1ccc(C(C)(C)c2ccc(OCCCF)cc2)cc1.CC(CCl)COc1ccc(C(F)(F)c2ccc(OCC(F)(F)CO)cc2)cc1.CC(CCl)COc1ccc(C(F)(F)c2ccc(OCCCF)cc2)cc1. The lowest BCUT2D eigenvalue weighted by molar-refractivity contribution is -0.139. The van der Waals surface area contributed by atoms with Crippen LogP contribution in [0, 0.1) is 29.6 Å². The molecule has 0 aliphatic heterocycles. The highest BCUT2D eigenvalue weighted by atomic mass is 35.5. The summed E-state index contributed by atoms with van der Waals surface area (Å²) in [6.07, 6.45) is -7.07. The van der Waals surface area contributed by atoms with Gasteiger partial charge in [0.25, 0.3) is 11.8 Å². The molecule has 10 rings (SSSR count). The van der Waals surface area contributed by atoms with Gasteiger partial charge in [-0.3, -0.25) is 8.78 Å². The Labute approximate surface area is 819 Å². The molecule has 0 saturated carbocycles. The first-order valence-electron chi connectivity index (χ1n) is 44.4. The first-order valence-corrected chi connectivity index (χ1v) is 47.1. The van der Waals surface area contributed by atoms with Crippen LogP contribution in [0.25, 0.3) is 0 Å². The molecule has 10 aromatic rings. The van der Waals surface area contributed by atoms with E-state index in [1.807, 2.05) is 125 Å². The number of hydrogen-bond donors (Lipinski definition) is 1. The van der Waals surface area contributed by atoms with E-state index in [9.17, 15) is 57.1 Å². The monoisotopic (exact) mass is 2010 g/mol. The van der Waals surface area contributed by atoms with E-state index < -0.39 is 56.7 Å². The minimum absolute atomic E-state index is 0. The molecule has 0 amide bonds. The van der Waals surface area contributed by atoms with Gasteiger partial charge in [-0.05, 0) is 203 Å². The number of aliphatic hydroxyl groups is 1. The number of aliphatic hydroxyl groups excluding tert-OH is 1. The van der Waals surface area contributed by atoms with Crippen LogP contribution in [-0.4, -0.2) is 139 Å². The lowest BCUT2D eigenvalue weighted by Crippen LogP contribution is -2.29. The van der Waals surface area contributed by atoms with E-state index in [4.69, 9.17) is 110 Å². The quantitative estimate of drug-likeness (QED) is 0.0223. The van der Waals surface area contributed by atoms with Gasteiger partial charge in [0, 0.05) is 117 Å². The number of benzene rings is 10. The van der Waals surface area contributed by atoms with E-state index in [0.29, 0.717) is 116 Å². The summed E-state index contributed by atoms with van der Waals surface area (Å²) in [5.74, 6) is -0.197. The molecular formula is C107H128Cl5F13O11. The minimum atomic E-state index is -4.21. The zero-order chi connectivity index (χ0) is 99.4. The van der Waals surface area contributed by atoms with E-state index in [0.717, 1.165) is 57.4 Å². The Balaban J connectivity index is 0.000000300. The van der Waals surface area contributed by atoms with Crippen molar-refractivity contribution in [2.45, 2.75) is 156 Å². The van der Waals surface area contributed by atoms with E-state index in [1.54, 1.807) is 12.1 Å². The van der Waals surface area contributed by atoms with E-state index >= 15 is 0 Å². The van der Waals surface area contributed by atoms with Gasteiger partial charge in [0.05, 0.1) is 79.2 Å². The Kier molecular flexibility index (Phi) is 50.5. The van der Waals surface area contributed by atoms with Gasteiger partial charge < -0.3 is 52.5 Å². The third-order valence-corrected chi connectivity index (χ3v) is 24.0. The van der Waals surface area contributed by atoms with Gasteiger partial charge >= 0.3 is 12.1 Å². The molecule has 5 atom stereocenters. The van der Waals surface area contributed by atoms with Crippen molar-refractivity contribution in [2.24, 2.45) is 29.6 Å². The molecule has 10 aromatic carbocycles. The maximum Gasteiger partial charge on any atom is 0.392 e. The molecule has 0 radical (unpaired) electrons. The van der Waals surface area contributed by atoms with Crippen LogP contribution < -0.4 is 47.4 Å². The molecule has 136 heavy (non-hydrogen) atoms. The smallest absolute Gasteiger partial charge is 0.392 e. The highest BCUT2D eigenvalue weighted by Gasteiger charge is 2.37. The molecule has 0 aliphatic rings. The number of rotatable bonds is 49. The summed E-state index contributed by atoms with van der Waals surface area (Å²) in [6, 6.07) is 68.4. The third-order valence-electron chi connectivity index (χ3n) is 21.3. The van der Waals surface area contributed by atoms with Crippen molar-refractivity contribution in [1.82, 2.24) is 0 Å². The molecule has 5 unspecified atom stereocenters. The highest BCUT2D eigenvalue weighted by molar-refractivity contribution is 6.18. The Bertz CT molecular complexity index is 4780. The lowest BCUT2D eigenvalue weighted by atomic mass is 9.78. The summed E-state index contributed by atoms with van der Waals surface area (Å²) in [5, 5.41) is 8.50. The Morgan fingerprint density at radius 2 is 0.456 bits per heavy atom. The zero-order valence-corrected chi connectivity index (χ0v) is 81.7. The summed E-state index contributed by atoms with van der Waals surface area (Å²) >= 11 is 28.8. The lowest BCUT2D eigenvalue weighted by Gasteiger charge is -2.26. The molecule has 29 heteroatoms. The van der Waals surface area contributed by atoms with Gasteiger partial charge in [0.1, 0.15) is 64.1 Å². The molecule has 1 N–H and O–H groups in total. The van der Waals surface area contributed by atoms with Crippen molar-refractivity contribution >= 4 is 58.0 Å². The molecule has 0 heterocycles. The average molecular weight is 2010 g/mol. The van der Waals surface area contributed by atoms with Crippen molar-refractivity contribution < 1.29 is 110 Å². The molecule has 0 spiro atoms. The molecule has 0 fully saturated rings. The third kappa shape index (κ3) is 40.3. The topological polar surface area (TPSA) is 113 Å². The summed E-state index contributed by atoms with van der Waals surface area (Å²) in [4.78, 5) is 0. The van der Waals surface area contributed by atoms with E-state index in [-0.39, 0.29) is 109 Å². The molecule has 0 saturated heterocycles. The second-order valence-electron chi connectivity index (χ2n) is 34.4. The Morgan fingerprint density at radius 3 is 0.640 bits per heavy atom. The summed E-state index contributed by atoms with van der Waals surface area (Å²) in [5.41, 5.74) is 5.41. The fraction of sp³-hybridized carbons (Fsp3) is 0.439. The molecule has 0 aliphatic carbocycles. The van der Waals surface area contributed by atoms with Gasteiger partial charge in [-0.2, -0.15) is 30.7 Å². The van der Waals surface area contributed by atoms with Crippen molar-refractivity contribution in [3.63, 3.8) is 0 Å². The van der Waals surface area contributed by atoms with Crippen molar-refractivity contribution in [3.05, 3.63) is 298 Å². The van der Waals surface area contributed by atoms with Crippen LogP contribution in [0.2, 0.25) is 0 Å².